The fourth-order valence-electron chi connectivity index (χ4n) is 3.49. The number of benzene rings is 2. The van der Waals surface area contributed by atoms with Crippen LogP contribution in [0.2, 0.25) is 0 Å². The van der Waals surface area contributed by atoms with Crippen molar-refractivity contribution in [2.75, 3.05) is 7.11 Å². The molecule has 0 amide bonds. The Balaban J connectivity index is 2.05. The summed E-state index contributed by atoms with van der Waals surface area (Å²) < 4.78 is 8.06. The van der Waals surface area contributed by atoms with Crippen LogP contribution in [-0.2, 0) is 6.54 Å². The molecule has 0 atom stereocenters. The molecule has 126 valence electrons. The Bertz CT molecular complexity index is 1020. The van der Waals surface area contributed by atoms with Crippen molar-refractivity contribution in [1.29, 1.82) is 0 Å². The van der Waals surface area contributed by atoms with Crippen LogP contribution in [0.4, 0.5) is 0 Å². The van der Waals surface area contributed by atoms with Crippen LogP contribution in [-0.4, -0.2) is 16.7 Å². The van der Waals surface area contributed by atoms with E-state index >= 15 is 0 Å². The monoisotopic (exact) mass is 330 g/mol. The molecular weight excluding hydrogens is 308 g/mol. The number of methoxy groups -OCH3 is 1. The summed E-state index contributed by atoms with van der Waals surface area (Å²) in [5.41, 5.74) is 4.39. The molecule has 0 radical (unpaired) electrons. The van der Waals surface area contributed by atoms with Gasteiger partial charge in [0.25, 0.3) is 0 Å². The van der Waals surface area contributed by atoms with Crippen LogP contribution >= 0.6 is 0 Å². The lowest BCUT2D eigenvalue weighted by Crippen LogP contribution is -2.00. The number of pyridine rings is 1. The summed E-state index contributed by atoms with van der Waals surface area (Å²) >= 11 is 0. The Hall–Kier alpha value is -2.81. The molecule has 0 fully saturated rings. The summed E-state index contributed by atoms with van der Waals surface area (Å²) in [6.45, 7) is 3.19. The van der Waals surface area contributed by atoms with Crippen molar-refractivity contribution in [3.8, 4) is 17.1 Å². The van der Waals surface area contributed by atoms with Crippen LogP contribution in [0, 0.1) is 0 Å². The number of fused-ring (bicyclic) bond motifs is 3. The zero-order valence-corrected chi connectivity index (χ0v) is 14.7. The van der Waals surface area contributed by atoms with Crippen LogP contribution in [0.3, 0.4) is 0 Å². The summed E-state index contributed by atoms with van der Waals surface area (Å²) in [6, 6.07) is 21.0. The molecule has 3 heteroatoms. The molecule has 0 bridgehead atoms. The number of hydrogen-bond donors (Lipinski definition) is 0. The lowest BCUT2D eigenvalue weighted by molar-refractivity contribution is 0.401. The van der Waals surface area contributed by atoms with Gasteiger partial charge in [-0.15, -0.1) is 0 Å². The Kier molecular flexibility index (Phi) is 4.14. The van der Waals surface area contributed by atoms with Gasteiger partial charge in [0.1, 0.15) is 5.52 Å². The van der Waals surface area contributed by atoms with Crippen LogP contribution in [0.1, 0.15) is 19.8 Å². The van der Waals surface area contributed by atoms with Crippen LogP contribution in [0.5, 0.6) is 5.88 Å². The summed E-state index contributed by atoms with van der Waals surface area (Å²) in [6.07, 6.45) is 2.29. The standard InChI is InChI=1S/C22H22N2O/c1-3-4-14-24-20-13-9-8-12-17(20)18-15-19(16-10-6-5-7-11-16)23-22(25-2)21(18)24/h5-13,15H,3-4,14H2,1-2H3. The number of para-hydroxylation sites is 1. The van der Waals surface area contributed by atoms with Gasteiger partial charge in [0.2, 0.25) is 5.88 Å². The molecule has 3 nitrogen and oxygen atoms in total. The van der Waals surface area contributed by atoms with Crippen molar-refractivity contribution in [3.05, 3.63) is 60.7 Å². The average molecular weight is 330 g/mol. The van der Waals surface area contributed by atoms with Crippen molar-refractivity contribution in [1.82, 2.24) is 9.55 Å². The molecule has 0 unspecified atom stereocenters. The minimum absolute atomic E-state index is 0.698. The Morgan fingerprint density at radius 1 is 0.960 bits per heavy atom. The first-order chi connectivity index (χ1) is 12.3. The van der Waals surface area contributed by atoms with E-state index in [-0.39, 0.29) is 0 Å². The van der Waals surface area contributed by atoms with Gasteiger partial charge >= 0.3 is 0 Å². The molecular formula is C22H22N2O. The quantitative estimate of drug-likeness (QED) is 0.472. The van der Waals surface area contributed by atoms with E-state index in [1.807, 2.05) is 18.2 Å². The highest BCUT2D eigenvalue weighted by Crippen LogP contribution is 2.36. The molecule has 2 aromatic carbocycles. The second-order valence-corrected chi connectivity index (χ2v) is 6.30. The molecule has 0 spiro atoms. The molecule has 25 heavy (non-hydrogen) atoms. The van der Waals surface area contributed by atoms with Crippen molar-refractivity contribution >= 4 is 21.8 Å². The normalized spacial score (nSPS) is 11.3. The van der Waals surface area contributed by atoms with Crippen molar-refractivity contribution in [2.24, 2.45) is 0 Å². The predicted molar refractivity (Wildman–Crippen MR) is 104 cm³/mol. The van der Waals surface area contributed by atoms with Gasteiger partial charge in [0, 0.05) is 28.4 Å². The van der Waals surface area contributed by atoms with E-state index in [1.54, 1.807) is 7.11 Å². The lowest BCUT2D eigenvalue weighted by Gasteiger charge is -2.10. The van der Waals surface area contributed by atoms with E-state index in [1.165, 1.54) is 16.3 Å². The summed E-state index contributed by atoms with van der Waals surface area (Å²) in [5, 5.41) is 2.46. The van der Waals surface area contributed by atoms with E-state index in [4.69, 9.17) is 9.72 Å². The molecule has 0 N–H and O–H groups in total. The van der Waals surface area contributed by atoms with Gasteiger partial charge in [-0.3, -0.25) is 0 Å². The Morgan fingerprint density at radius 3 is 2.48 bits per heavy atom. The third-order valence-electron chi connectivity index (χ3n) is 4.71. The predicted octanol–water partition coefficient (Wildman–Crippen LogP) is 5.67. The maximum atomic E-state index is 5.71. The van der Waals surface area contributed by atoms with E-state index in [9.17, 15) is 0 Å². The first-order valence-electron chi connectivity index (χ1n) is 8.85. The number of rotatable bonds is 5. The lowest BCUT2D eigenvalue weighted by atomic mass is 10.1. The van der Waals surface area contributed by atoms with Crippen molar-refractivity contribution < 1.29 is 4.74 Å². The first-order valence-corrected chi connectivity index (χ1v) is 8.85. The van der Waals surface area contributed by atoms with Gasteiger partial charge in [-0.05, 0) is 18.6 Å². The van der Waals surface area contributed by atoms with E-state index in [0.29, 0.717) is 5.88 Å². The number of aryl methyl sites for hydroxylation is 1. The molecule has 0 aliphatic rings. The minimum Gasteiger partial charge on any atom is -0.479 e. The summed E-state index contributed by atoms with van der Waals surface area (Å²) in [7, 11) is 1.71. The second-order valence-electron chi connectivity index (χ2n) is 6.30. The highest BCUT2D eigenvalue weighted by molar-refractivity contribution is 6.10. The topological polar surface area (TPSA) is 27.1 Å². The number of hydrogen-bond acceptors (Lipinski definition) is 2. The molecule has 4 aromatic rings. The van der Waals surface area contributed by atoms with E-state index in [2.05, 4.69) is 54.0 Å². The zero-order valence-electron chi connectivity index (χ0n) is 14.7. The highest BCUT2D eigenvalue weighted by Gasteiger charge is 2.17. The highest BCUT2D eigenvalue weighted by atomic mass is 16.5. The number of aromatic nitrogens is 2. The molecule has 0 saturated heterocycles. The molecule has 4 rings (SSSR count). The average Bonchev–Trinajstić information content (AvgIpc) is 3.00. The fourth-order valence-corrected chi connectivity index (χ4v) is 3.49. The van der Waals surface area contributed by atoms with Gasteiger partial charge in [-0.2, -0.15) is 0 Å². The van der Waals surface area contributed by atoms with Crippen LogP contribution in [0.25, 0.3) is 33.1 Å². The largest absolute Gasteiger partial charge is 0.479 e. The third kappa shape index (κ3) is 2.66. The van der Waals surface area contributed by atoms with E-state index < -0.39 is 0 Å². The van der Waals surface area contributed by atoms with Gasteiger partial charge in [0.15, 0.2) is 0 Å². The van der Waals surface area contributed by atoms with Gasteiger partial charge in [-0.1, -0.05) is 61.9 Å². The minimum atomic E-state index is 0.698. The third-order valence-corrected chi connectivity index (χ3v) is 4.71. The van der Waals surface area contributed by atoms with E-state index in [0.717, 1.165) is 36.2 Å². The Labute approximate surface area is 147 Å². The molecule has 0 aliphatic heterocycles. The maximum absolute atomic E-state index is 5.71. The fraction of sp³-hybridized carbons (Fsp3) is 0.227. The van der Waals surface area contributed by atoms with Crippen molar-refractivity contribution in [2.45, 2.75) is 26.3 Å². The van der Waals surface area contributed by atoms with Crippen LogP contribution in [0.15, 0.2) is 60.7 Å². The number of unbranched alkanes of at least 4 members (excludes halogenated alkanes) is 1. The number of nitrogens with zero attached hydrogens (tertiary/aromatic N) is 2. The molecule has 2 aromatic heterocycles. The van der Waals surface area contributed by atoms with Gasteiger partial charge < -0.3 is 9.30 Å². The maximum Gasteiger partial charge on any atom is 0.238 e. The van der Waals surface area contributed by atoms with Crippen LogP contribution < -0.4 is 4.74 Å². The molecule has 2 heterocycles. The second kappa shape index (κ2) is 6.60. The number of ether oxygens (including phenoxy) is 1. The smallest absolute Gasteiger partial charge is 0.238 e. The summed E-state index contributed by atoms with van der Waals surface area (Å²) in [4.78, 5) is 4.81. The zero-order chi connectivity index (χ0) is 17.2. The van der Waals surface area contributed by atoms with Crippen molar-refractivity contribution in [3.63, 3.8) is 0 Å². The first kappa shape index (κ1) is 15.7. The van der Waals surface area contributed by atoms with Gasteiger partial charge in [0.05, 0.1) is 12.8 Å². The Morgan fingerprint density at radius 2 is 1.72 bits per heavy atom. The molecule has 0 aliphatic carbocycles. The van der Waals surface area contributed by atoms with Gasteiger partial charge in [-0.25, -0.2) is 4.98 Å². The summed E-state index contributed by atoms with van der Waals surface area (Å²) in [5.74, 6) is 0.698. The SMILES string of the molecule is CCCCn1c2ccccc2c2cc(-c3ccccc3)nc(OC)c21. The molecule has 0 saturated carbocycles.